The number of nitrogens with one attached hydrogen (secondary N) is 1. The van der Waals surface area contributed by atoms with Crippen LogP contribution in [0.3, 0.4) is 0 Å². The van der Waals surface area contributed by atoms with E-state index in [1.165, 1.54) is 11.3 Å². The average molecular weight is 287 g/mol. The molecule has 0 bridgehead atoms. The number of aromatic nitrogens is 2. The lowest BCUT2D eigenvalue weighted by Gasteiger charge is -1.98. The maximum atomic E-state index is 11.6. The fourth-order valence-electron chi connectivity index (χ4n) is 1.98. The van der Waals surface area contributed by atoms with Crippen LogP contribution in [0.2, 0.25) is 0 Å². The lowest BCUT2D eigenvalue weighted by molar-refractivity contribution is 0.0520. The first-order valence-electron chi connectivity index (χ1n) is 6.18. The van der Waals surface area contributed by atoms with Gasteiger partial charge in [-0.3, -0.25) is 0 Å². The number of rotatable bonds is 3. The summed E-state index contributed by atoms with van der Waals surface area (Å²) in [6.45, 7) is 2.12. The van der Waals surface area contributed by atoms with E-state index in [4.69, 9.17) is 10.5 Å². The third-order valence-corrected chi connectivity index (χ3v) is 3.84. The van der Waals surface area contributed by atoms with Crippen LogP contribution in [0.15, 0.2) is 29.8 Å². The topological polar surface area (TPSA) is 81.0 Å². The van der Waals surface area contributed by atoms with E-state index in [1.807, 2.05) is 18.2 Å². The summed E-state index contributed by atoms with van der Waals surface area (Å²) in [6, 6.07) is 5.87. The van der Waals surface area contributed by atoms with E-state index >= 15 is 0 Å². The molecule has 1 aromatic carbocycles. The normalized spacial score (nSPS) is 10.8. The monoisotopic (exact) mass is 287 g/mol. The van der Waals surface area contributed by atoms with Crippen LogP contribution in [0.1, 0.15) is 17.4 Å². The molecule has 5 nitrogen and oxygen atoms in total. The number of carbonyl (C=O) groups excluding carboxylic acids is 1. The van der Waals surface area contributed by atoms with Gasteiger partial charge in [0.2, 0.25) is 0 Å². The Kier molecular flexibility index (Phi) is 3.15. The van der Waals surface area contributed by atoms with E-state index < -0.39 is 5.97 Å². The molecule has 6 heteroatoms. The van der Waals surface area contributed by atoms with Gasteiger partial charge < -0.3 is 15.5 Å². The number of hydrogen-bond donors (Lipinski definition) is 2. The first-order chi connectivity index (χ1) is 9.69. The molecular weight excluding hydrogens is 274 g/mol. The van der Waals surface area contributed by atoms with Crippen molar-refractivity contribution in [1.82, 2.24) is 9.97 Å². The predicted molar refractivity (Wildman–Crippen MR) is 79.8 cm³/mol. The number of hydrogen-bond acceptors (Lipinski definition) is 5. The number of nitrogens with two attached hydrogens (primary N) is 1. The van der Waals surface area contributed by atoms with Crippen molar-refractivity contribution in [2.24, 2.45) is 0 Å². The second-order valence-electron chi connectivity index (χ2n) is 4.26. The Balaban J connectivity index is 1.98. The van der Waals surface area contributed by atoms with Crippen LogP contribution in [0, 0.1) is 0 Å². The highest BCUT2D eigenvalue weighted by Crippen LogP contribution is 2.29. The molecular formula is C14H13N3O2S. The maximum absolute atomic E-state index is 11.6. The SMILES string of the molecule is CCOC(=O)c1csc(-c2ccc3[nH]cc(N)c3c2)n1. The number of anilines is 1. The Morgan fingerprint density at radius 1 is 1.50 bits per heavy atom. The van der Waals surface area contributed by atoms with Gasteiger partial charge in [0.25, 0.3) is 0 Å². The van der Waals surface area contributed by atoms with Gasteiger partial charge in [-0.15, -0.1) is 11.3 Å². The van der Waals surface area contributed by atoms with Gasteiger partial charge in [0.05, 0.1) is 12.3 Å². The Morgan fingerprint density at radius 3 is 3.15 bits per heavy atom. The third-order valence-electron chi connectivity index (χ3n) is 2.95. The fraction of sp³-hybridized carbons (Fsp3) is 0.143. The molecule has 0 radical (unpaired) electrons. The minimum absolute atomic E-state index is 0.342. The summed E-state index contributed by atoms with van der Waals surface area (Å²) in [4.78, 5) is 19.0. The number of fused-ring (bicyclic) bond motifs is 1. The Bertz CT molecular complexity index is 776. The van der Waals surface area contributed by atoms with Crippen LogP contribution in [-0.2, 0) is 4.74 Å². The van der Waals surface area contributed by atoms with Gasteiger partial charge in [0.1, 0.15) is 5.01 Å². The second-order valence-corrected chi connectivity index (χ2v) is 5.12. The standard InChI is InChI=1S/C14H13N3O2S/c1-2-19-14(18)12-7-20-13(17-12)8-3-4-11-9(5-8)10(15)6-16-11/h3-7,16H,2,15H2,1H3. The van der Waals surface area contributed by atoms with E-state index in [0.717, 1.165) is 21.5 Å². The molecule has 3 aromatic rings. The molecule has 0 unspecified atom stereocenters. The van der Waals surface area contributed by atoms with Crippen LogP contribution >= 0.6 is 11.3 Å². The molecule has 0 aliphatic heterocycles. The molecule has 0 amide bonds. The number of aromatic amines is 1. The molecule has 0 saturated heterocycles. The molecule has 3 rings (SSSR count). The zero-order valence-electron chi connectivity index (χ0n) is 10.8. The Hall–Kier alpha value is -2.34. The van der Waals surface area contributed by atoms with Crippen molar-refractivity contribution in [2.45, 2.75) is 6.92 Å². The number of esters is 1. The van der Waals surface area contributed by atoms with Crippen LogP contribution in [0.5, 0.6) is 0 Å². The summed E-state index contributed by atoms with van der Waals surface area (Å²) in [7, 11) is 0. The lowest BCUT2D eigenvalue weighted by atomic mass is 10.1. The molecule has 0 atom stereocenters. The van der Waals surface area contributed by atoms with Crippen LogP contribution in [0.4, 0.5) is 5.69 Å². The zero-order valence-corrected chi connectivity index (χ0v) is 11.7. The van der Waals surface area contributed by atoms with Gasteiger partial charge in [0.15, 0.2) is 5.69 Å². The molecule has 20 heavy (non-hydrogen) atoms. The Morgan fingerprint density at radius 2 is 2.35 bits per heavy atom. The number of carbonyl (C=O) groups is 1. The summed E-state index contributed by atoms with van der Waals surface area (Å²) in [5.74, 6) is -0.391. The number of nitrogen functional groups attached to an aromatic ring is 1. The number of H-pyrrole nitrogens is 1. The van der Waals surface area contributed by atoms with E-state index in [-0.39, 0.29) is 0 Å². The van der Waals surface area contributed by atoms with Gasteiger partial charge in [-0.05, 0) is 25.1 Å². The van der Waals surface area contributed by atoms with Gasteiger partial charge in [-0.25, -0.2) is 9.78 Å². The molecule has 3 N–H and O–H groups in total. The van der Waals surface area contributed by atoms with E-state index in [2.05, 4.69) is 9.97 Å². The van der Waals surface area contributed by atoms with E-state index in [0.29, 0.717) is 18.0 Å². The second kappa shape index (κ2) is 4.97. The van der Waals surface area contributed by atoms with Crippen molar-refractivity contribution in [2.75, 3.05) is 12.3 Å². The fourth-order valence-corrected chi connectivity index (χ4v) is 2.77. The highest BCUT2D eigenvalue weighted by atomic mass is 32.1. The van der Waals surface area contributed by atoms with Crippen molar-refractivity contribution in [3.63, 3.8) is 0 Å². The number of ether oxygens (including phenoxy) is 1. The first kappa shape index (κ1) is 12.7. The van der Waals surface area contributed by atoms with Crippen LogP contribution < -0.4 is 5.73 Å². The van der Waals surface area contributed by atoms with E-state index in [1.54, 1.807) is 18.5 Å². The molecule has 0 aliphatic rings. The minimum Gasteiger partial charge on any atom is -0.461 e. The van der Waals surface area contributed by atoms with Gasteiger partial charge in [-0.1, -0.05) is 0 Å². The smallest absolute Gasteiger partial charge is 0.357 e. The first-order valence-corrected chi connectivity index (χ1v) is 7.06. The Labute approximate surface area is 119 Å². The number of thiazole rings is 1. The van der Waals surface area contributed by atoms with Crippen molar-refractivity contribution in [3.8, 4) is 10.6 Å². The zero-order chi connectivity index (χ0) is 14.1. The summed E-state index contributed by atoms with van der Waals surface area (Å²) in [5, 5.41) is 3.43. The summed E-state index contributed by atoms with van der Waals surface area (Å²) < 4.78 is 4.93. The molecule has 0 aliphatic carbocycles. The molecule has 0 fully saturated rings. The van der Waals surface area contributed by atoms with Gasteiger partial charge in [-0.2, -0.15) is 0 Å². The maximum Gasteiger partial charge on any atom is 0.357 e. The minimum atomic E-state index is -0.391. The van der Waals surface area contributed by atoms with Crippen molar-refractivity contribution in [3.05, 3.63) is 35.5 Å². The average Bonchev–Trinajstić information content (AvgIpc) is 3.06. The van der Waals surface area contributed by atoms with Crippen LogP contribution in [-0.4, -0.2) is 22.5 Å². The summed E-state index contributed by atoms with van der Waals surface area (Å²) in [6.07, 6.45) is 1.76. The predicted octanol–water partition coefficient (Wildman–Crippen LogP) is 3.05. The number of nitrogens with zero attached hydrogens (tertiary/aromatic N) is 1. The van der Waals surface area contributed by atoms with Gasteiger partial charge >= 0.3 is 5.97 Å². The van der Waals surface area contributed by atoms with Crippen molar-refractivity contribution in [1.29, 1.82) is 0 Å². The summed E-state index contributed by atoms with van der Waals surface area (Å²) >= 11 is 1.41. The lowest BCUT2D eigenvalue weighted by Crippen LogP contribution is -2.04. The highest BCUT2D eigenvalue weighted by molar-refractivity contribution is 7.13. The van der Waals surface area contributed by atoms with Crippen LogP contribution in [0.25, 0.3) is 21.5 Å². The molecule has 2 aromatic heterocycles. The number of benzene rings is 1. The van der Waals surface area contributed by atoms with Crippen molar-refractivity contribution < 1.29 is 9.53 Å². The molecule has 2 heterocycles. The van der Waals surface area contributed by atoms with E-state index in [9.17, 15) is 4.79 Å². The quantitative estimate of drug-likeness (QED) is 0.725. The molecule has 0 saturated carbocycles. The summed E-state index contributed by atoms with van der Waals surface area (Å²) in [5.41, 5.74) is 8.85. The molecule has 0 spiro atoms. The van der Waals surface area contributed by atoms with Gasteiger partial charge in [0, 0.05) is 28.0 Å². The largest absolute Gasteiger partial charge is 0.461 e. The third kappa shape index (κ3) is 2.14. The molecule has 102 valence electrons. The van der Waals surface area contributed by atoms with Crippen molar-refractivity contribution >= 4 is 33.9 Å². The highest BCUT2D eigenvalue weighted by Gasteiger charge is 2.13.